The van der Waals surface area contributed by atoms with Gasteiger partial charge in [-0.15, -0.1) is 0 Å². The number of rotatable bonds is 3. The molecule has 0 unspecified atom stereocenters. The minimum Gasteiger partial charge on any atom is -0.472 e. The number of hydrogen-bond donors (Lipinski definition) is 1. The third kappa shape index (κ3) is 3.39. The summed E-state index contributed by atoms with van der Waals surface area (Å²) in [6.45, 7) is 5.26. The summed E-state index contributed by atoms with van der Waals surface area (Å²) in [5.41, 5.74) is 4.03. The fraction of sp³-hybridized carbons (Fsp3) is 0.333. The van der Waals surface area contributed by atoms with Crippen molar-refractivity contribution in [3.05, 3.63) is 59.2 Å². The first kappa shape index (κ1) is 17.5. The summed E-state index contributed by atoms with van der Waals surface area (Å²) in [5.74, 6) is -0.398. The maximum atomic E-state index is 13.7. The van der Waals surface area contributed by atoms with Gasteiger partial charge in [0.25, 0.3) is 11.8 Å². The molecule has 1 aliphatic rings. The highest BCUT2D eigenvalue weighted by Gasteiger charge is 2.26. The van der Waals surface area contributed by atoms with Gasteiger partial charge in [0.15, 0.2) is 5.82 Å². The van der Waals surface area contributed by atoms with Crippen LogP contribution in [0.15, 0.2) is 36.5 Å². The normalized spacial score (nSPS) is 15.3. The Morgan fingerprint density at radius 1 is 1.26 bits per heavy atom. The van der Waals surface area contributed by atoms with Gasteiger partial charge in [-0.2, -0.15) is 0 Å². The highest BCUT2D eigenvalue weighted by atomic mass is 19.1. The predicted octanol–water partition coefficient (Wildman–Crippen LogP) is 4.00. The fourth-order valence-corrected chi connectivity index (χ4v) is 3.57. The quantitative estimate of drug-likeness (QED) is 0.761. The standard InChI is InChI=1S/C21H22FN3O2/c1-13-14(2)24-19-6-5-15(12-17(13)19)21(26)25-10-7-16(8-11-25)27-20-18(22)4-3-9-23-20/h3-6,9,12,16,24H,7-8,10-11H2,1-2H3. The van der Waals surface area contributed by atoms with Gasteiger partial charge in [-0.05, 0) is 49.7 Å². The second-order valence-electron chi connectivity index (χ2n) is 7.04. The molecular weight excluding hydrogens is 345 g/mol. The number of pyridine rings is 1. The number of ether oxygens (including phenoxy) is 1. The van der Waals surface area contributed by atoms with Crippen molar-refractivity contribution in [2.45, 2.75) is 32.8 Å². The van der Waals surface area contributed by atoms with Crippen molar-refractivity contribution in [2.75, 3.05) is 13.1 Å². The number of H-pyrrole nitrogens is 1. The number of nitrogens with one attached hydrogen (secondary N) is 1. The molecule has 1 N–H and O–H groups in total. The van der Waals surface area contributed by atoms with Crippen LogP contribution < -0.4 is 4.74 Å². The number of hydrogen-bond acceptors (Lipinski definition) is 3. The topological polar surface area (TPSA) is 58.2 Å². The number of aromatic nitrogens is 2. The van der Waals surface area contributed by atoms with Gasteiger partial charge in [-0.1, -0.05) is 0 Å². The van der Waals surface area contributed by atoms with Crippen LogP contribution in [0, 0.1) is 19.7 Å². The first-order chi connectivity index (χ1) is 13.0. The van der Waals surface area contributed by atoms with Gasteiger partial charge in [0.2, 0.25) is 0 Å². The number of carbonyl (C=O) groups excluding carboxylic acids is 1. The Labute approximate surface area is 157 Å². The van der Waals surface area contributed by atoms with Crippen molar-refractivity contribution < 1.29 is 13.9 Å². The number of likely N-dealkylation sites (tertiary alicyclic amines) is 1. The van der Waals surface area contributed by atoms with Crippen LogP contribution in [0.1, 0.15) is 34.5 Å². The zero-order chi connectivity index (χ0) is 19.0. The minimum absolute atomic E-state index is 0.0256. The average Bonchev–Trinajstić information content (AvgIpc) is 2.97. The van der Waals surface area contributed by atoms with Gasteiger partial charge in [0, 0.05) is 54.3 Å². The smallest absolute Gasteiger partial charge is 0.253 e. The van der Waals surface area contributed by atoms with E-state index in [1.54, 1.807) is 0 Å². The molecule has 6 heteroatoms. The van der Waals surface area contributed by atoms with E-state index in [-0.39, 0.29) is 17.9 Å². The van der Waals surface area contributed by atoms with Crippen LogP contribution in [0.4, 0.5) is 4.39 Å². The van der Waals surface area contributed by atoms with Crippen molar-refractivity contribution in [1.29, 1.82) is 0 Å². The summed E-state index contributed by atoms with van der Waals surface area (Å²) in [5, 5.41) is 1.09. The molecule has 3 heterocycles. The van der Waals surface area contributed by atoms with E-state index in [9.17, 15) is 9.18 Å². The van der Waals surface area contributed by atoms with E-state index in [2.05, 4.69) is 16.9 Å². The van der Waals surface area contributed by atoms with E-state index in [0.717, 1.165) is 16.6 Å². The number of carbonyl (C=O) groups is 1. The summed E-state index contributed by atoms with van der Waals surface area (Å²) in [6.07, 6.45) is 2.70. The summed E-state index contributed by atoms with van der Waals surface area (Å²) < 4.78 is 19.3. The van der Waals surface area contributed by atoms with E-state index in [0.29, 0.717) is 31.5 Å². The van der Waals surface area contributed by atoms with Crippen LogP contribution in [-0.2, 0) is 0 Å². The van der Waals surface area contributed by atoms with Crippen LogP contribution in [-0.4, -0.2) is 40.0 Å². The minimum atomic E-state index is -0.457. The molecule has 1 aliphatic heterocycles. The molecule has 0 spiro atoms. The van der Waals surface area contributed by atoms with Gasteiger partial charge in [-0.3, -0.25) is 4.79 Å². The molecule has 27 heavy (non-hydrogen) atoms. The summed E-state index contributed by atoms with van der Waals surface area (Å²) in [7, 11) is 0. The molecule has 140 valence electrons. The van der Waals surface area contributed by atoms with Crippen molar-refractivity contribution in [3.8, 4) is 5.88 Å². The lowest BCUT2D eigenvalue weighted by Crippen LogP contribution is -2.41. The van der Waals surface area contributed by atoms with Crippen LogP contribution in [0.25, 0.3) is 10.9 Å². The number of amides is 1. The summed E-state index contributed by atoms with van der Waals surface area (Å²) in [4.78, 5) is 22.0. The first-order valence-electron chi connectivity index (χ1n) is 9.18. The molecule has 3 aromatic rings. The largest absolute Gasteiger partial charge is 0.472 e. The Hall–Kier alpha value is -2.89. The van der Waals surface area contributed by atoms with E-state index in [1.165, 1.54) is 23.9 Å². The third-order valence-corrected chi connectivity index (χ3v) is 5.29. The number of aromatic amines is 1. The van der Waals surface area contributed by atoms with Crippen LogP contribution >= 0.6 is 0 Å². The Kier molecular flexibility index (Phi) is 4.56. The van der Waals surface area contributed by atoms with Crippen molar-refractivity contribution >= 4 is 16.8 Å². The maximum absolute atomic E-state index is 13.7. The van der Waals surface area contributed by atoms with Crippen molar-refractivity contribution in [1.82, 2.24) is 14.9 Å². The zero-order valence-electron chi connectivity index (χ0n) is 15.5. The van der Waals surface area contributed by atoms with Gasteiger partial charge in [0.05, 0.1) is 0 Å². The molecule has 1 fully saturated rings. The van der Waals surface area contributed by atoms with Gasteiger partial charge < -0.3 is 14.6 Å². The molecular formula is C21H22FN3O2. The number of nitrogens with zero attached hydrogens (tertiary/aromatic N) is 2. The number of aryl methyl sites for hydroxylation is 2. The van der Waals surface area contributed by atoms with Crippen LogP contribution in [0.5, 0.6) is 5.88 Å². The lowest BCUT2D eigenvalue weighted by atomic mass is 10.0. The van der Waals surface area contributed by atoms with E-state index in [4.69, 9.17) is 4.74 Å². The monoisotopic (exact) mass is 367 g/mol. The molecule has 0 radical (unpaired) electrons. The van der Waals surface area contributed by atoms with E-state index in [1.807, 2.05) is 30.0 Å². The van der Waals surface area contributed by atoms with Crippen LogP contribution in [0.2, 0.25) is 0 Å². The summed E-state index contributed by atoms with van der Waals surface area (Å²) in [6, 6.07) is 8.66. The predicted molar refractivity (Wildman–Crippen MR) is 102 cm³/mol. The van der Waals surface area contributed by atoms with Crippen molar-refractivity contribution in [3.63, 3.8) is 0 Å². The molecule has 5 nitrogen and oxygen atoms in total. The van der Waals surface area contributed by atoms with E-state index < -0.39 is 5.82 Å². The highest BCUT2D eigenvalue weighted by molar-refractivity contribution is 5.99. The van der Waals surface area contributed by atoms with Gasteiger partial charge in [-0.25, -0.2) is 9.37 Å². The molecule has 2 aromatic heterocycles. The number of fused-ring (bicyclic) bond motifs is 1. The fourth-order valence-electron chi connectivity index (χ4n) is 3.57. The van der Waals surface area contributed by atoms with Crippen molar-refractivity contribution in [2.24, 2.45) is 0 Å². The Morgan fingerprint density at radius 3 is 2.78 bits per heavy atom. The second-order valence-corrected chi connectivity index (χ2v) is 7.04. The second kappa shape index (κ2) is 7.02. The number of piperidine rings is 1. The third-order valence-electron chi connectivity index (χ3n) is 5.29. The molecule has 1 amide bonds. The van der Waals surface area contributed by atoms with Gasteiger partial charge >= 0.3 is 0 Å². The highest BCUT2D eigenvalue weighted by Crippen LogP contribution is 2.25. The first-order valence-corrected chi connectivity index (χ1v) is 9.18. The number of halogens is 1. The Bertz CT molecular complexity index is 990. The molecule has 4 rings (SSSR count). The maximum Gasteiger partial charge on any atom is 0.253 e. The van der Waals surface area contributed by atoms with E-state index >= 15 is 0 Å². The van der Waals surface area contributed by atoms with Gasteiger partial charge in [0.1, 0.15) is 6.10 Å². The average molecular weight is 367 g/mol. The molecule has 1 saturated heterocycles. The number of benzene rings is 1. The lowest BCUT2D eigenvalue weighted by Gasteiger charge is -2.32. The lowest BCUT2D eigenvalue weighted by molar-refractivity contribution is 0.0579. The molecule has 0 atom stereocenters. The SMILES string of the molecule is Cc1[nH]c2ccc(C(=O)N3CCC(Oc4ncccc4F)CC3)cc2c1C. The Balaban J connectivity index is 1.43. The molecule has 0 bridgehead atoms. The molecule has 0 aliphatic carbocycles. The zero-order valence-corrected chi connectivity index (χ0v) is 15.5. The molecule has 1 aromatic carbocycles. The summed E-state index contributed by atoms with van der Waals surface area (Å²) >= 11 is 0. The Morgan fingerprint density at radius 2 is 2.04 bits per heavy atom. The molecule has 0 saturated carbocycles. The van der Waals surface area contributed by atoms with Crippen LogP contribution in [0.3, 0.4) is 0 Å².